The van der Waals surface area contributed by atoms with Crippen LogP contribution < -0.4 is 0 Å². The van der Waals surface area contributed by atoms with E-state index in [4.69, 9.17) is 4.74 Å². The van der Waals surface area contributed by atoms with Gasteiger partial charge in [0.1, 0.15) is 0 Å². The summed E-state index contributed by atoms with van der Waals surface area (Å²) in [4.78, 5) is 15.0. The molecule has 2 fully saturated rings. The number of aromatic amines is 1. The molecule has 1 aromatic carbocycles. The van der Waals surface area contributed by atoms with E-state index in [1.54, 1.807) is 6.20 Å². The standard InChI is InChI=1S/C17H21N3O2/c1-17(2)10-20(15(17)13-7-4-8-22-13)16(21)12-6-3-5-11-9-18-19-14(11)12/h3,5-6,9,13,15H,4,7-8,10H2,1-2H3,(H,18,19). The van der Waals surface area contributed by atoms with Gasteiger partial charge in [0, 0.05) is 24.0 Å². The molecule has 1 N–H and O–H groups in total. The molecule has 4 rings (SSSR count). The van der Waals surface area contributed by atoms with Gasteiger partial charge in [-0.2, -0.15) is 5.10 Å². The molecule has 22 heavy (non-hydrogen) atoms. The van der Waals surface area contributed by atoms with Gasteiger partial charge in [0.2, 0.25) is 0 Å². The van der Waals surface area contributed by atoms with Crippen molar-refractivity contribution in [3.05, 3.63) is 30.0 Å². The summed E-state index contributed by atoms with van der Waals surface area (Å²) in [5, 5.41) is 7.97. The van der Waals surface area contributed by atoms with Gasteiger partial charge >= 0.3 is 0 Å². The van der Waals surface area contributed by atoms with Crippen LogP contribution in [0, 0.1) is 5.41 Å². The molecule has 2 saturated heterocycles. The maximum absolute atomic E-state index is 13.0. The number of rotatable bonds is 2. The van der Waals surface area contributed by atoms with Crippen molar-refractivity contribution in [2.75, 3.05) is 13.2 Å². The highest BCUT2D eigenvalue weighted by Crippen LogP contribution is 2.43. The summed E-state index contributed by atoms with van der Waals surface area (Å²) in [5.41, 5.74) is 1.64. The first-order chi connectivity index (χ1) is 10.6. The minimum absolute atomic E-state index is 0.0784. The maximum atomic E-state index is 13.0. The molecule has 116 valence electrons. The number of nitrogens with zero attached hydrogens (tertiary/aromatic N) is 2. The van der Waals surface area contributed by atoms with Crippen molar-refractivity contribution in [2.24, 2.45) is 5.41 Å². The third-order valence-electron chi connectivity index (χ3n) is 5.00. The van der Waals surface area contributed by atoms with Crippen LogP contribution in [-0.4, -0.2) is 46.3 Å². The number of carbonyl (C=O) groups is 1. The summed E-state index contributed by atoms with van der Waals surface area (Å²) < 4.78 is 5.87. The van der Waals surface area contributed by atoms with E-state index in [0.29, 0.717) is 5.56 Å². The number of ether oxygens (including phenoxy) is 1. The van der Waals surface area contributed by atoms with Crippen molar-refractivity contribution >= 4 is 16.8 Å². The van der Waals surface area contributed by atoms with Gasteiger partial charge in [-0.1, -0.05) is 26.0 Å². The summed E-state index contributed by atoms with van der Waals surface area (Å²) in [7, 11) is 0. The Labute approximate surface area is 129 Å². The van der Waals surface area contributed by atoms with Crippen LogP contribution >= 0.6 is 0 Å². The highest BCUT2D eigenvalue weighted by atomic mass is 16.5. The van der Waals surface area contributed by atoms with Crippen LogP contribution in [0.2, 0.25) is 0 Å². The summed E-state index contributed by atoms with van der Waals surface area (Å²) in [6, 6.07) is 5.92. The molecule has 5 heteroatoms. The van der Waals surface area contributed by atoms with Gasteiger partial charge in [0.05, 0.1) is 29.4 Å². The fraction of sp³-hybridized carbons (Fsp3) is 0.529. The first kappa shape index (κ1) is 13.8. The van der Waals surface area contributed by atoms with Crippen LogP contribution in [0.5, 0.6) is 0 Å². The molecule has 1 aromatic heterocycles. The predicted molar refractivity (Wildman–Crippen MR) is 83.7 cm³/mol. The zero-order chi connectivity index (χ0) is 15.3. The van der Waals surface area contributed by atoms with Gasteiger partial charge in [0.25, 0.3) is 5.91 Å². The minimum Gasteiger partial charge on any atom is -0.376 e. The smallest absolute Gasteiger partial charge is 0.256 e. The van der Waals surface area contributed by atoms with Gasteiger partial charge in [-0.3, -0.25) is 9.89 Å². The van der Waals surface area contributed by atoms with Crippen molar-refractivity contribution in [3.8, 4) is 0 Å². The number of benzene rings is 1. The van der Waals surface area contributed by atoms with Crippen molar-refractivity contribution in [3.63, 3.8) is 0 Å². The first-order valence-corrected chi connectivity index (χ1v) is 7.92. The third kappa shape index (κ3) is 1.96. The summed E-state index contributed by atoms with van der Waals surface area (Å²) >= 11 is 0. The lowest BCUT2D eigenvalue weighted by Gasteiger charge is -2.56. The number of para-hydroxylation sites is 1. The molecule has 1 amide bonds. The van der Waals surface area contributed by atoms with Crippen LogP contribution in [0.15, 0.2) is 24.4 Å². The van der Waals surface area contributed by atoms with E-state index < -0.39 is 0 Å². The minimum atomic E-state index is 0.0784. The van der Waals surface area contributed by atoms with Crippen LogP contribution in [-0.2, 0) is 4.74 Å². The second-order valence-electron chi connectivity index (χ2n) is 7.06. The molecule has 2 atom stereocenters. The van der Waals surface area contributed by atoms with Crippen molar-refractivity contribution < 1.29 is 9.53 Å². The second-order valence-corrected chi connectivity index (χ2v) is 7.06. The van der Waals surface area contributed by atoms with Crippen molar-refractivity contribution in [2.45, 2.75) is 38.8 Å². The van der Waals surface area contributed by atoms with E-state index in [0.717, 1.165) is 36.9 Å². The fourth-order valence-corrected chi connectivity index (χ4v) is 4.00. The number of likely N-dealkylation sites (tertiary alicyclic amines) is 1. The number of hydrogen-bond acceptors (Lipinski definition) is 3. The lowest BCUT2D eigenvalue weighted by Crippen LogP contribution is -2.68. The molecule has 0 saturated carbocycles. The zero-order valence-electron chi connectivity index (χ0n) is 13.0. The molecule has 2 aliphatic heterocycles. The van der Waals surface area contributed by atoms with Crippen LogP contribution in [0.3, 0.4) is 0 Å². The van der Waals surface area contributed by atoms with Gasteiger partial charge < -0.3 is 9.64 Å². The number of aromatic nitrogens is 2. The first-order valence-electron chi connectivity index (χ1n) is 7.92. The molecule has 5 nitrogen and oxygen atoms in total. The molecular weight excluding hydrogens is 278 g/mol. The van der Waals surface area contributed by atoms with Gasteiger partial charge in [-0.05, 0) is 18.9 Å². The molecule has 0 aliphatic carbocycles. The molecular formula is C17H21N3O2. The van der Waals surface area contributed by atoms with Gasteiger partial charge in [0.15, 0.2) is 0 Å². The Hall–Kier alpha value is -1.88. The zero-order valence-corrected chi connectivity index (χ0v) is 13.0. The Morgan fingerprint density at radius 3 is 3.05 bits per heavy atom. The Morgan fingerprint density at radius 1 is 1.45 bits per heavy atom. The molecule has 0 spiro atoms. The molecule has 2 aliphatic rings. The van der Waals surface area contributed by atoms with Crippen molar-refractivity contribution in [1.29, 1.82) is 0 Å². The number of fused-ring (bicyclic) bond motifs is 1. The average Bonchev–Trinajstić information content (AvgIpc) is 3.14. The number of amides is 1. The van der Waals surface area contributed by atoms with E-state index in [1.165, 1.54) is 0 Å². The molecule has 0 bridgehead atoms. The van der Waals surface area contributed by atoms with Crippen molar-refractivity contribution in [1.82, 2.24) is 15.1 Å². The number of carbonyl (C=O) groups excluding carboxylic acids is 1. The Bertz CT molecular complexity index is 716. The molecule has 2 aromatic rings. The van der Waals surface area contributed by atoms with E-state index in [9.17, 15) is 4.79 Å². The van der Waals surface area contributed by atoms with E-state index in [2.05, 4.69) is 24.0 Å². The summed E-state index contributed by atoms with van der Waals surface area (Å²) in [5.74, 6) is 0.0784. The third-order valence-corrected chi connectivity index (χ3v) is 5.00. The van der Waals surface area contributed by atoms with E-state index in [-0.39, 0.29) is 23.5 Å². The highest BCUT2D eigenvalue weighted by molar-refractivity contribution is 6.05. The van der Waals surface area contributed by atoms with E-state index >= 15 is 0 Å². The number of nitrogens with one attached hydrogen (secondary N) is 1. The van der Waals surface area contributed by atoms with Crippen LogP contribution in [0.4, 0.5) is 0 Å². The van der Waals surface area contributed by atoms with E-state index in [1.807, 2.05) is 23.1 Å². The lowest BCUT2D eigenvalue weighted by molar-refractivity contribution is -0.0960. The quantitative estimate of drug-likeness (QED) is 0.927. The number of H-pyrrole nitrogens is 1. The molecule has 0 radical (unpaired) electrons. The highest BCUT2D eigenvalue weighted by Gasteiger charge is 2.53. The molecule has 3 heterocycles. The normalized spacial score (nSPS) is 27.1. The van der Waals surface area contributed by atoms with Crippen LogP contribution in [0.25, 0.3) is 10.9 Å². The summed E-state index contributed by atoms with van der Waals surface area (Å²) in [6.07, 6.45) is 4.07. The topological polar surface area (TPSA) is 58.2 Å². The average molecular weight is 299 g/mol. The second kappa shape index (κ2) is 4.81. The Morgan fingerprint density at radius 2 is 2.32 bits per heavy atom. The molecule has 2 unspecified atom stereocenters. The largest absolute Gasteiger partial charge is 0.376 e. The summed E-state index contributed by atoms with van der Waals surface area (Å²) in [6.45, 7) is 6.04. The van der Waals surface area contributed by atoms with Crippen LogP contribution in [0.1, 0.15) is 37.0 Å². The Kier molecular flexibility index (Phi) is 3.01. The SMILES string of the molecule is CC1(C)CN(C(=O)c2cccc3cn[nH]c23)C1C1CCCO1. The fourth-order valence-electron chi connectivity index (χ4n) is 4.00. The predicted octanol–water partition coefficient (Wildman–Crippen LogP) is 2.59. The lowest BCUT2D eigenvalue weighted by atomic mass is 9.71. The van der Waals surface area contributed by atoms with Gasteiger partial charge in [-0.25, -0.2) is 0 Å². The maximum Gasteiger partial charge on any atom is 0.256 e. The van der Waals surface area contributed by atoms with Gasteiger partial charge in [-0.15, -0.1) is 0 Å². The monoisotopic (exact) mass is 299 g/mol. The number of hydrogen-bond donors (Lipinski definition) is 1. The Balaban J connectivity index is 1.66.